The van der Waals surface area contributed by atoms with Crippen LogP contribution in [0.3, 0.4) is 0 Å². The summed E-state index contributed by atoms with van der Waals surface area (Å²) in [6.07, 6.45) is -1.41. The fourth-order valence-electron chi connectivity index (χ4n) is 3.19. The predicted molar refractivity (Wildman–Crippen MR) is 81.4 cm³/mol. The first-order chi connectivity index (χ1) is 10.8. The van der Waals surface area contributed by atoms with Crippen molar-refractivity contribution in [2.75, 3.05) is 26.2 Å². The largest absolute Gasteiger partial charge is 0.395 e. The molecule has 1 aromatic rings. The van der Waals surface area contributed by atoms with Gasteiger partial charge in [-0.05, 0) is 25.7 Å². The summed E-state index contributed by atoms with van der Waals surface area (Å²) in [5, 5.41) is 3.08. The lowest BCUT2D eigenvalue weighted by Gasteiger charge is -2.44. The number of piperidine rings is 1. The molecule has 2 fully saturated rings. The Labute approximate surface area is 137 Å². The first-order valence-corrected chi connectivity index (χ1v) is 8.72. The van der Waals surface area contributed by atoms with Gasteiger partial charge < -0.3 is 9.80 Å². The monoisotopic (exact) mass is 347 g/mol. The number of urea groups is 1. The van der Waals surface area contributed by atoms with Gasteiger partial charge in [0.05, 0.1) is 10.9 Å². The Bertz CT molecular complexity index is 569. The zero-order chi connectivity index (χ0) is 16.6. The topological polar surface area (TPSA) is 36.4 Å². The third-order valence-corrected chi connectivity index (χ3v) is 5.52. The number of alkyl halides is 3. The van der Waals surface area contributed by atoms with E-state index in [1.54, 1.807) is 16.2 Å². The molecule has 0 aromatic carbocycles. The number of thiazole rings is 1. The summed E-state index contributed by atoms with van der Waals surface area (Å²) in [6.45, 7) is 2.81. The van der Waals surface area contributed by atoms with Crippen molar-refractivity contribution in [3.8, 4) is 0 Å². The summed E-state index contributed by atoms with van der Waals surface area (Å²) in [6, 6.07) is -0.245. The minimum atomic E-state index is -4.19. The van der Waals surface area contributed by atoms with Crippen LogP contribution >= 0.6 is 11.3 Å². The van der Waals surface area contributed by atoms with Crippen LogP contribution in [0.2, 0.25) is 0 Å². The summed E-state index contributed by atoms with van der Waals surface area (Å²) in [7, 11) is 0. The number of hydrogen-bond donors (Lipinski definition) is 0. The molecule has 0 spiro atoms. The van der Waals surface area contributed by atoms with Gasteiger partial charge in [-0.3, -0.25) is 0 Å². The lowest BCUT2D eigenvalue weighted by molar-refractivity contribution is -0.203. The molecule has 1 atom stereocenters. The van der Waals surface area contributed by atoms with Gasteiger partial charge in [-0.1, -0.05) is 0 Å². The van der Waals surface area contributed by atoms with Crippen LogP contribution in [0.1, 0.15) is 23.5 Å². The molecule has 2 amide bonds. The maximum absolute atomic E-state index is 12.5. The van der Waals surface area contributed by atoms with E-state index in [-0.39, 0.29) is 19.1 Å². The van der Waals surface area contributed by atoms with E-state index in [1.807, 2.05) is 12.3 Å². The first-order valence-electron chi connectivity index (χ1n) is 7.84. The molecule has 0 bridgehead atoms. The summed E-state index contributed by atoms with van der Waals surface area (Å²) in [5.74, 6) is -1.01. The molecule has 3 heterocycles. The van der Waals surface area contributed by atoms with E-state index in [2.05, 4.69) is 4.98 Å². The molecule has 3 rings (SSSR count). The smallest absolute Gasteiger partial charge is 0.324 e. The van der Waals surface area contributed by atoms with E-state index >= 15 is 0 Å². The highest BCUT2D eigenvalue weighted by molar-refractivity contribution is 7.09. The Morgan fingerprint density at radius 1 is 1.35 bits per heavy atom. The van der Waals surface area contributed by atoms with Gasteiger partial charge in [-0.2, -0.15) is 13.2 Å². The fraction of sp³-hybridized carbons (Fsp3) is 0.733. The number of aromatic nitrogens is 1. The van der Waals surface area contributed by atoms with Crippen LogP contribution < -0.4 is 0 Å². The van der Waals surface area contributed by atoms with E-state index in [4.69, 9.17) is 0 Å². The van der Waals surface area contributed by atoms with Crippen LogP contribution in [0.25, 0.3) is 0 Å². The van der Waals surface area contributed by atoms with E-state index in [0.29, 0.717) is 19.0 Å². The predicted octanol–water partition coefficient (Wildman–Crippen LogP) is 3.32. The van der Waals surface area contributed by atoms with Gasteiger partial charge in [0.1, 0.15) is 0 Å². The molecular formula is C15H20F3N3OS. The van der Waals surface area contributed by atoms with Crippen molar-refractivity contribution in [1.82, 2.24) is 14.8 Å². The molecule has 0 aliphatic carbocycles. The zero-order valence-corrected chi connectivity index (χ0v) is 13.8. The fourth-order valence-corrected chi connectivity index (χ4v) is 4.08. The molecule has 2 aliphatic rings. The second-order valence-electron chi connectivity index (χ2n) is 6.47. The average Bonchev–Trinajstić information content (AvgIpc) is 2.81. The van der Waals surface area contributed by atoms with Gasteiger partial charge >= 0.3 is 12.2 Å². The quantitative estimate of drug-likeness (QED) is 0.823. The summed E-state index contributed by atoms with van der Waals surface area (Å²) < 4.78 is 37.6. The molecule has 1 aromatic heterocycles. The number of halogens is 3. The van der Waals surface area contributed by atoms with Gasteiger partial charge in [-0.15, -0.1) is 11.3 Å². The van der Waals surface area contributed by atoms with Crippen LogP contribution in [0.15, 0.2) is 5.38 Å². The van der Waals surface area contributed by atoms with Gasteiger partial charge in [0, 0.05) is 43.7 Å². The number of aryl methyl sites for hydroxylation is 1. The summed E-state index contributed by atoms with van der Waals surface area (Å²) >= 11 is 1.63. The minimum Gasteiger partial charge on any atom is -0.324 e. The van der Waals surface area contributed by atoms with Gasteiger partial charge in [0.15, 0.2) is 0 Å². The molecule has 0 saturated carbocycles. The zero-order valence-electron chi connectivity index (χ0n) is 13.0. The number of nitrogens with zero attached hydrogens (tertiary/aromatic N) is 3. The Morgan fingerprint density at radius 3 is 2.70 bits per heavy atom. The van der Waals surface area contributed by atoms with Crippen molar-refractivity contribution < 1.29 is 18.0 Å². The van der Waals surface area contributed by atoms with Gasteiger partial charge in [-0.25, -0.2) is 9.78 Å². The molecular weight excluding hydrogens is 327 g/mol. The molecule has 23 heavy (non-hydrogen) atoms. The Hall–Kier alpha value is -1.31. The van der Waals surface area contributed by atoms with Crippen molar-refractivity contribution in [1.29, 1.82) is 0 Å². The number of rotatable bonds is 2. The molecule has 8 heteroatoms. The molecule has 2 aliphatic heterocycles. The number of carbonyl (C=O) groups excluding carboxylic acids is 1. The van der Waals surface area contributed by atoms with Gasteiger partial charge in [0.25, 0.3) is 0 Å². The van der Waals surface area contributed by atoms with E-state index in [0.717, 1.165) is 30.0 Å². The molecule has 4 nitrogen and oxygen atoms in total. The van der Waals surface area contributed by atoms with Crippen LogP contribution in [-0.2, 0) is 6.42 Å². The number of hydrogen-bond acceptors (Lipinski definition) is 3. The van der Waals surface area contributed by atoms with Crippen LogP contribution in [0.4, 0.5) is 18.0 Å². The SMILES string of the molecule is Cc1csc(CC2CCCN(C(=O)N3CC(C(F)(F)F)C3)C2)n1. The lowest BCUT2D eigenvalue weighted by atomic mass is 9.94. The first kappa shape index (κ1) is 16.5. The number of amides is 2. The Kier molecular flexibility index (Phi) is 4.53. The number of likely N-dealkylation sites (tertiary alicyclic amines) is 2. The highest BCUT2D eigenvalue weighted by atomic mass is 32.1. The molecule has 128 valence electrons. The normalized spacial score (nSPS) is 23.0. The van der Waals surface area contributed by atoms with Gasteiger partial charge in [0.2, 0.25) is 0 Å². The molecule has 1 unspecified atom stereocenters. The average molecular weight is 347 g/mol. The maximum atomic E-state index is 12.5. The van der Waals surface area contributed by atoms with Crippen molar-refractivity contribution in [3.05, 3.63) is 16.1 Å². The second-order valence-corrected chi connectivity index (χ2v) is 7.41. The number of carbonyl (C=O) groups is 1. The third kappa shape index (κ3) is 3.79. The van der Waals surface area contributed by atoms with E-state index in [1.165, 1.54) is 4.90 Å². The van der Waals surface area contributed by atoms with Crippen molar-refractivity contribution in [2.45, 2.75) is 32.4 Å². The van der Waals surface area contributed by atoms with E-state index < -0.39 is 12.1 Å². The molecule has 0 N–H and O–H groups in total. The minimum absolute atomic E-state index is 0.199. The van der Waals surface area contributed by atoms with E-state index in [9.17, 15) is 18.0 Å². The second kappa shape index (κ2) is 6.30. The standard InChI is InChI=1S/C15H20F3N3OS/c1-10-9-23-13(19-10)5-11-3-2-4-20(6-11)14(22)21-7-12(8-21)15(16,17)18/h9,11-12H,2-8H2,1H3. The van der Waals surface area contributed by atoms with Crippen LogP contribution in [-0.4, -0.2) is 53.2 Å². The summed E-state index contributed by atoms with van der Waals surface area (Å²) in [5.41, 5.74) is 1.01. The summed E-state index contributed by atoms with van der Waals surface area (Å²) in [4.78, 5) is 19.8. The van der Waals surface area contributed by atoms with Crippen molar-refractivity contribution in [3.63, 3.8) is 0 Å². The Balaban J connectivity index is 1.51. The van der Waals surface area contributed by atoms with Crippen molar-refractivity contribution >= 4 is 17.4 Å². The van der Waals surface area contributed by atoms with Crippen LogP contribution in [0.5, 0.6) is 0 Å². The molecule has 2 saturated heterocycles. The maximum Gasteiger partial charge on any atom is 0.395 e. The molecule has 0 radical (unpaired) electrons. The highest BCUT2D eigenvalue weighted by Gasteiger charge is 2.49. The Morgan fingerprint density at radius 2 is 2.09 bits per heavy atom. The highest BCUT2D eigenvalue weighted by Crippen LogP contribution is 2.34. The third-order valence-electron chi connectivity index (χ3n) is 4.53. The lowest BCUT2D eigenvalue weighted by Crippen LogP contribution is -2.60. The van der Waals surface area contributed by atoms with Crippen LogP contribution in [0, 0.1) is 18.8 Å². The van der Waals surface area contributed by atoms with Crippen molar-refractivity contribution in [2.24, 2.45) is 11.8 Å².